The number of hydrogen-bond donors (Lipinski definition) is 2. The summed E-state index contributed by atoms with van der Waals surface area (Å²) in [4.78, 5) is 40.4. The minimum absolute atomic E-state index is 0.296. The van der Waals surface area contributed by atoms with Gasteiger partial charge in [-0.25, -0.2) is 4.79 Å². The van der Waals surface area contributed by atoms with E-state index in [1.165, 1.54) is 4.90 Å². The van der Waals surface area contributed by atoms with E-state index >= 15 is 0 Å². The van der Waals surface area contributed by atoms with E-state index in [1.807, 2.05) is 12.1 Å². The molecule has 8 heteroatoms. The molecule has 2 atom stereocenters. The van der Waals surface area contributed by atoms with Crippen molar-refractivity contribution in [2.24, 2.45) is 5.92 Å². The summed E-state index contributed by atoms with van der Waals surface area (Å²) >= 11 is 0. The Bertz CT molecular complexity index is 812. The molecule has 33 heavy (non-hydrogen) atoms. The van der Waals surface area contributed by atoms with Gasteiger partial charge in [0.2, 0.25) is 11.8 Å². The molecule has 0 aliphatic carbocycles. The number of amides is 3. The number of nitrogens with one attached hydrogen (secondary N) is 2. The van der Waals surface area contributed by atoms with Crippen LogP contribution in [0.15, 0.2) is 30.3 Å². The molecule has 3 amide bonds. The lowest BCUT2D eigenvalue weighted by atomic mass is 9.99. The lowest BCUT2D eigenvalue weighted by Gasteiger charge is -2.34. The quantitative estimate of drug-likeness (QED) is 0.385. The van der Waals surface area contributed by atoms with Gasteiger partial charge in [0.25, 0.3) is 0 Å². The second kappa shape index (κ2) is 13.5. The first kappa shape index (κ1) is 28.0. The van der Waals surface area contributed by atoms with E-state index in [4.69, 9.17) is 4.74 Å². The molecule has 0 aromatic heterocycles. The van der Waals surface area contributed by atoms with Crippen molar-refractivity contribution in [2.45, 2.75) is 78.5 Å². The molecule has 1 aromatic carbocycles. The lowest BCUT2D eigenvalue weighted by molar-refractivity contribution is -0.142. The summed E-state index contributed by atoms with van der Waals surface area (Å²) in [7, 11) is 0. The van der Waals surface area contributed by atoms with Gasteiger partial charge in [-0.1, -0.05) is 63.9 Å². The normalized spacial score (nSPS) is 12.9. The van der Waals surface area contributed by atoms with Crippen molar-refractivity contribution in [1.29, 1.82) is 5.26 Å². The van der Waals surface area contributed by atoms with Gasteiger partial charge in [-0.3, -0.25) is 9.59 Å². The second-order valence-electron chi connectivity index (χ2n) is 9.30. The fraction of sp³-hybridized carbons (Fsp3) is 0.600. The van der Waals surface area contributed by atoms with E-state index in [2.05, 4.69) is 17.6 Å². The van der Waals surface area contributed by atoms with E-state index in [0.29, 0.717) is 12.1 Å². The van der Waals surface area contributed by atoms with Crippen LogP contribution in [0.4, 0.5) is 4.79 Å². The van der Waals surface area contributed by atoms with Gasteiger partial charge in [0.1, 0.15) is 24.2 Å². The van der Waals surface area contributed by atoms with Gasteiger partial charge in [0, 0.05) is 6.54 Å². The van der Waals surface area contributed by atoms with Gasteiger partial charge in [-0.05, 0) is 38.7 Å². The van der Waals surface area contributed by atoms with Crippen molar-refractivity contribution >= 4 is 17.9 Å². The summed E-state index contributed by atoms with van der Waals surface area (Å²) in [5.74, 6) is -1.18. The van der Waals surface area contributed by atoms with E-state index in [1.54, 1.807) is 58.9 Å². The summed E-state index contributed by atoms with van der Waals surface area (Å²) in [5.41, 5.74) is -0.139. The van der Waals surface area contributed by atoms with E-state index in [-0.39, 0.29) is 18.4 Å². The van der Waals surface area contributed by atoms with Crippen LogP contribution in [0.1, 0.15) is 72.4 Å². The molecular formula is C25H38N4O4. The number of hydrogen-bond acceptors (Lipinski definition) is 5. The lowest BCUT2D eigenvalue weighted by Crippen LogP contribution is -2.55. The molecule has 8 nitrogen and oxygen atoms in total. The fourth-order valence-electron chi connectivity index (χ4n) is 3.29. The maximum atomic E-state index is 13.6. The molecule has 0 bridgehead atoms. The number of alkyl carbamates (subject to hydrolysis) is 1. The highest BCUT2D eigenvalue weighted by molar-refractivity contribution is 5.92. The molecule has 0 aliphatic rings. The average Bonchev–Trinajstić information content (AvgIpc) is 2.73. The molecular weight excluding hydrogens is 420 g/mol. The van der Waals surface area contributed by atoms with Gasteiger partial charge < -0.3 is 20.3 Å². The van der Waals surface area contributed by atoms with Crippen molar-refractivity contribution in [3.8, 4) is 6.07 Å². The number of carbonyl (C=O) groups is 3. The summed E-state index contributed by atoms with van der Waals surface area (Å²) in [5, 5.41) is 15.0. The molecule has 0 saturated heterocycles. The molecule has 0 radical (unpaired) electrons. The van der Waals surface area contributed by atoms with Crippen LogP contribution in [0.2, 0.25) is 0 Å². The Labute approximate surface area is 197 Å². The first-order valence-electron chi connectivity index (χ1n) is 11.5. The van der Waals surface area contributed by atoms with Crippen LogP contribution in [0.25, 0.3) is 0 Å². The number of rotatable bonds is 11. The Morgan fingerprint density at radius 1 is 1.12 bits per heavy atom. The van der Waals surface area contributed by atoms with Crippen LogP contribution in [0.3, 0.4) is 0 Å². The number of unbranched alkanes of at least 4 members (excludes halogenated alkanes) is 2. The highest BCUT2D eigenvalue weighted by Gasteiger charge is 2.37. The van der Waals surface area contributed by atoms with Gasteiger partial charge >= 0.3 is 6.09 Å². The van der Waals surface area contributed by atoms with Crippen LogP contribution in [0, 0.1) is 17.2 Å². The number of nitrogens with zero attached hydrogens (tertiary/aromatic N) is 2. The number of benzene rings is 1. The zero-order valence-electron chi connectivity index (χ0n) is 20.7. The summed E-state index contributed by atoms with van der Waals surface area (Å²) in [6.45, 7) is 11.0. The molecule has 182 valence electrons. The predicted octanol–water partition coefficient (Wildman–Crippen LogP) is 3.94. The van der Waals surface area contributed by atoms with Crippen LogP contribution < -0.4 is 10.6 Å². The Balaban J connectivity index is 3.25. The number of nitriles is 1. The van der Waals surface area contributed by atoms with Gasteiger partial charge in [0.15, 0.2) is 0 Å². The van der Waals surface area contributed by atoms with Crippen molar-refractivity contribution in [3.63, 3.8) is 0 Å². The molecule has 2 unspecified atom stereocenters. The minimum atomic E-state index is -0.998. The molecule has 2 N–H and O–H groups in total. The van der Waals surface area contributed by atoms with Crippen molar-refractivity contribution < 1.29 is 19.1 Å². The van der Waals surface area contributed by atoms with Crippen molar-refractivity contribution in [3.05, 3.63) is 35.9 Å². The Kier molecular flexibility index (Phi) is 11.4. The zero-order chi connectivity index (χ0) is 25.0. The maximum absolute atomic E-state index is 13.6. The minimum Gasteiger partial charge on any atom is -0.444 e. The molecule has 0 saturated carbocycles. The third kappa shape index (κ3) is 9.52. The zero-order valence-corrected chi connectivity index (χ0v) is 20.7. The van der Waals surface area contributed by atoms with E-state index in [9.17, 15) is 19.6 Å². The van der Waals surface area contributed by atoms with E-state index < -0.39 is 29.7 Å². The van der Waals surface area contributed by atoms with Crippen LogP contribution in [-0.4, -0.2) is 47.5 Å². The highest BCUT2D eigenvalue weighted by Crippen LogP contribution is 2.23. The standard InChI is InChI=1S/C25H38N4O4/c1-7-8-12-16-27-22(30)21(19-13-10-9-11-14-19)29(17-15-26)23(31)20(18(2)3)28-24(32)33-25(4,5)6/h9-11,13-14,18,20-21H,7-8,12,16-17H2,1-6H3,(H,27,30)(H,28,32). The number of ether oxygens (including phenoxy) is 1. The SMILES string of the molecule is CCCCCNC(=O)C(c1ccccc1)N(CC#N)C(=O)C(NC(=O)OC(C)(C)C)C(C)C. The topological polar surface area (TPSA) is 112 Å². The van der Waals surface area contributed by atoms with Crippen LogP contribution in [0.5, 0.6) is 0 Å². The van der Waals surface area contributed by atoms with Crippen LogP contribution in [-0.2, 0) is 14.3 Å². The first-order chi connectivity index (χ1) is 15.5. The summed E-state index contributed by atoms with van der Waals surface area (Å²) < 4.78 is 5.31. The van der Waals surface area contributed by atoms with E-state index in [0.717, 1.165) is 19.3 Å². The number of carbonyl (C=O) groups excluding carboxylic acids is 3. The fourth-order valence-corrected chi connectivity index (χ4v) is 3.29. The van der Waals surface area contributed by atoms with Gasteiger partial charge in [0.05, 0.1) is 6.07 Å². The summed E-state index contributed by atoms with van der Waals surface area (Å²) in [6, 6.07) is 8.91. The largest absolute Gasteiger partial charge is 0.444 e. The smallest absolute Gasteiger partial charge is 0.408 e. The second-order valence-corrected chi connectivity index (χ2v) is 9.30. The van der Waals surface area contributed by atoms with Crippen LogP contribution >= 0.6 is 0 Å². The monoisotopic (exact) mass is 458 g/mol. The Morgan fingerprint density at radius 3 is 2.27 bits per heavy atom. The predicted molar refractivity (Wildman–Crippen MR) is 127 cm³/mol. The molecule has 1 rings (SSSR count). The molecule has 0 heterocycles. The molecule has 0 spiro atoms. The highest BCUT2D eigenvalue weighted by atomic mass is 16.6. The molecule has 1 aromatic rings. The third-order valence-electron chi connectivity index (χ3n) is 4.88. The first-order valence-corrected chi connectivity index (χ1v) is 11.5. The Morgan fingerprint density at radius 2 is 1.76 bits per heavy atom. The molecule has 0 fully saturated rings. The summed E-state index contributed by atoms with van der Waals surface area (Å²) in [6.07, 6.45) is 2.09. The van der Waals surface area contributed by atoms with Crippen molar-refractivity contribution in [1.82, 2.24) is 15.5 Å². The van der Waals surface area contributed by atoms with Crippen molar-refractivity contribution in [2.75, 3.05) is 13.1 Å². The molecule has 0 aliphatic heterocycles. The Hall–Kier alpha value is -3.08. The third-order valence-corrected chi connectivity index (χ3v) is 4.88. The van der Waals surface area contributed by atoms with Gasteiger partial charge in [-0.15, -0.1) is 0 Å². The maximum Gasteiger partial charge on any atom is 0.408 e. The average molecular weight is 459 g/mol. The van der Waals surface area contributed by atoms with Gasteiger partial charge in [-0.2, -0.15) is 5.26 Å².